The second-order valence-electron chi connectivity index (χ2n) is 4.16. The minimum atomic E-state index is 0.651. The van der Waals surface area contributed by atoms with Gasteiger partial charge in [0.1, 0.15) is 0 Å². The Morgan fingerprint density at radius 1 is 1.05 bits per heavy atom. The van der Waals surface area contributed by atoms with Crippen LogP contribution in [0.3, 0.4) is 0 Å². The Bertz CT molecular complexity index is 604. The van der Waals surface area contributed by atoms with Crippen LogP contribution in [-0.4, -0.2) is 14.2 Å². The van der Waals surface area contributed by atoms with Gasteiger partial charge in [-0.1, -0.05) is 17.7 Å². The van der Waals surface area contributed by atoms with Crippen LogP contribution in [0.15, 0.2) is 41.3 Å². The molecule has 2 N–H and O–H groups in total. The monoisotopic (exact) mass is 309 g/mol. The second-order valence-corrected chi connectivity index (χ2v) is 5.61. The van der Waals surface area contributed by atoms with Gasteiger partial charge in [-0.05, 0) is 35.9 Å². The SMILES string of the molecule is COc1ccc(CSc2ccc(Cl)cc2N)cc1OC. The van der Waals surface area contributed by atoms with Gasteiger partial charge in [0.25, 0.3) is 0 Å². The lowest BCUT2D eigenvalue weighted by molar-refractivity contribution is 0.354. The van der Waals surface area contributed by atoms with E-state index in [1.54, 1.807) is 32.0 Å². The molecule has 0 atom stereocenters. The predicted octanol–water partition coefficient (Wildman–Crippen LogP) is 4.23. The third kappa shape index (κ3) is 3.52. The number of thioether (sulfide) groups is 1. The van der Waals surface area contributed by atoms with Crippen LogP contribution in [0.4, 0.5) is 5.69 Å². The smallest absolute Gasteiger partial charge is 0.161 e. The van der Waals surface area contributed by atoms with Crippen molar-refractivity contribution in [3.05, 3.63) is 47.0 Å². The predicted molar refractivity (Wildman–Crippen MR) is 85.0 cm³/mol. The van der Waals surface area contributed by atoms with E-state index < -0.39 is 0 Å². The molecule has 0 unspecified atom stereocenters. The molecule has 0 amide bonds. The number of methoxy groups -OCH3 is 2. The number of hydrogen-bond acceptors (Lipinski definition) is 4. The molecule has 0 bridgehead atoms. The molecular formula is C15H16ClNO2S. The van der Waals surface area contributed by atoms with Crippen molar-refractivity contribution in [1.29, 1.82) is 0 Å². The van der Waals surface area contributed by atoms with Gasteiger partial charge in [-0.25, -0.2) is 0 Å². The minimum Gasteiger partial charge on any atom is -0.493 e. The molecule has 0 heterocycles. The number of hydrogen-bond donors (Lipinski definition) is 1. The zero-order valence-electron chi connectivity index (χ0n) is 11.4. The summed E-state index contributed by atoms with van der Waals surface area (Å²) in [7, 11) is 3.26. The van der Waals surface area contributed by atoms with Crippen molar-refractivity contribution in [3.63, 3.8) is 0 Å². The fourth-order valence-electron chi connectivity index (χ4n) is 1.78. The molecule has 0 radical (unpaired) electrons. The zero-order chi connectivity index (χ0) is 14.5. The molecule has 5 heteroatoms. The van der Waals surface area contributed by atoms with E-state index in [4.69, 9.17) is 26.8 Å². The van der Waals surface area contributed by atoms with Gasteiger partial charge in [-0.2, -0.15) is 0 Å². The summed E-state index contributed by atoms with van der Waals surface area (Å²) in [6.45, 7) is 0. The van der Waals surface area contributed by atoms with Crippen molar-refractivity contribution in [2.75, 3.05) is 20.0 Å². The van der Waals surface area contributed by atoms with E-state index in [0.29, 0.717) is 10.7 Å². The molecule has 0 saturated heterocycles. The molecule has 0 aliphatic rings. The molecule has 0 aromatic heterocycles. The van der Waals surface area contributed by atoms with Crippen molar-refractivity contribution in [1.82, 2.24) is 0 Å². The Kier molecular flexibility index (Phi) is 5.04. The first-order valence-electron chi connectivity index (χ1n) is 6.02. The normalized spacial score (nSPS) is 10.3. The van der Waals surface area contributed by atoms with Crippen LogP contribution < -0.4 is 15.2 Å². The molecule has 106 valence electrons. The number of ether oxygens (including phenoxy) is 2. The van der Waals surface area contributed by atoms with Gasteiger partial charge in [0.2, 0.25) is 0 Å². The second kappa shape index (κ2) is 6.77. The average Bonchev–Trinajstić information content (AvgIpc) is 2.46. The van der Waals surface area contributed by atoms with Crippen LogP contribution in [0.2, 0.25) is 5.02 Å². The molecule has 3 nitrogen and oxygen atoms in total. The van der Waals surface area contributed by atoms with E-state index in [1.807, 2.05) is 30.3 Å². The summed E-state index contributed by atoms with van der Waals surface area (Å²) in [5.74, 6) is 2.26. The maximum Gasteiger partial charge on any atom is 0.161 e. The van der Waals surface area contributed by atoms with Gasteiger partial charge >= 0.3 is 0 Å². The van der Waals surface area contributed by atoms with E-state index in [1.165, 1.54) is 0 Å². The van der Waals surface area contributed by atoms with Crippen molar-refractivity contribution >= 4 is 29.1 Å². The van der Waals surface area contributed by atoms with Gasteiger partial charge in [-0.15, -0.1) is 11.8 Å². The first-order valence-corrected chi connectivity index (χ1v) is 7.39. The standard InChI is InChI=1S/C15H16ClNO2S/c1-18-13-5-3-10(7-14(13)19-2)9-20-15-6-4-11(16)8-12(15)17/h3-8H,9,17H2,1-2H3. The summed E-state index contributed by atoms with van der Waals surface area (Å²) in [5.41, 5.74) is 7.78. The van der Waals surface area contributed by atoms with Gasteiger partial charge in [0, 0.05) is 21.4 Å². The van der Waals surface area contributed by atoms with Crippen LogP contribution in [0.25, 0.3) is 0 Å². The van der Waals surface area contributed by atoms with E-state index >= 15 is 0 Å². The van der Waals surface area contributed by atoms with Crippen LogP contribution in [0.1, 0.15) is 5.56 Å². The van der Waals surface area contributed by atoms with E-state index in [2.05, 4.69) is 0 Å². The number of benzene rings is 2. The highest BCUT2D eigenvalue weighted by molar-refractivity contribution is 7.98. The Morgan fingerprint density at radius 3 is 2.45 bits per heavy atom. The zero-order valence-corrected chi connectivity index (χ0v) is 12.9. The molecule has 2 aromatic carbocycles. The fourth-order valence-corrected chi connectivity index (χ4v) is 2.85. The lowest BCUT2D eigenvalue weighted by atomic mass is 10.2. The fraction of sp³-hybridized carbons (Fsp3) is 0.200. The summed E-state index contributed by atoms with van der Waals surface area (Å²) < 4.78 is 10.5. The first-order chi connectivity index (χ1) is 9.63. The number of rotatable bonds is 5. The van der Waals surface area contributed by atoms with Crippen LogP contribution in [0, 0.1) is 0 Å². The highest BCUT2D eigenvalue weighted by Crippen LogP contribution is 2.33. The number of nitrogens with two attached hydrogens (primary N) is 1. The summed E-state index contributed by atoms with van der Waals surface area (Å²) in [4.78, 5) is 1.02. The topological polar surface area (TPSA) is 44.5 Å². The number of halogens is 1. The molecule has 2 aromatic rings. The van der Waals surface area contributed by atoms with Gasteiger partial charge < -0.3 is 15.2 Å². The summed E-state index contributed by atoms with van der Waals surface area (Å²) >= 11 is 7.55. The third-order valence-corrected chi connectivity index (χ3v) is 4.21. The lowest BCUT2D eigenvalue weighted by Gasteiger charge is -2.10. The summed E-state index contributed by atoms with van der Waals surface area (Å²) in [6.07, 6.45) is 0. The van der Waals surface area contributed by atoms with Crippen molar-refractivity contribution in [2.24, 2.45) is 0 Å². The minimum absolute atomic E-state index is 0.651. The highest BCUT2D eigenvalue weighted by atomic mass is 35.5. The number of anilines is 1. The molecular weight excluding hydrogens is 294 g/mol. The van der Waals surface area contributed by atoms with Gasteiger partial charge in [-0.3, -0.25) is 0 Å². The molecule has 20 heavy (non-hydrogen) atoms. The average molecular weight is 310 g/mol. The van der Waals surface area contributed by atoms with Crippen molar-refractivity contribution < 1.29 is 9.47 Å². The van der Waals surface area contributed by atoms with Gasteiger partial charge in [0.05, 0.1) is 14.2 Å². The lowest BCUT2D eigenvalue weighted by Crippen LogP contribution is -1.92. The Labute approximate surface area is 128 Å². The Hall–Kier alpha value is -1.52. The molecule has 0 saturated carbocycles. The first kappa shape index (κ1) is 14.9. The van der Waals surface area contributed by atoms with Gasteiger partial charge in [0.15, 0.2) is 11.5 Å². The largest absolute Gasteiger partial charge is 0.493 e. The van der Waals surface area contributed by atoms with E-state index in [0.717, 1.165) is 27.7 Å². The Morgan fingerprint density at radius 2 is 1.80 bits per heavy atom. The Balaban J connectivity index is 2.10. The van der Waals surface area contributed by atoms with Crippen LogP contribution in [-0.2, 0) is 5.75 Å². The highest BCUT2D eigenvalue weighted by Gasteiger charge is 2.06. The summed E-state index contributed by atoms with van der Waals surface area (Å²) in [6, 6.07) is 11.4. The third-order valence-electron chi connectivity index (χ3n) is 2.81. The molecule has 0 spiro atoms. The van der Waals surface area contributed by atoms with E-state index in [9.17, 15) is 0 Å². The number of nitrogen functional groups attached to an aromatic ring is 1. The van der Waals surface area contributed by atoms with Crippen molar-refractivity contribution in [2.45, 2.75) is 10.6 Å². The quantitative estimate of drug-likeness (QED) is 0.663. The van der Waals surface area contributed by atoms with Crippen LogP contribution in [0.5, 0.6) is 11.5 Å². The molecule has 0 aliphatic heterocycles. The maximum absolute atomic E-state index is 5.94. The maximum atomic E-state index is 5.94. The molecule has 2 rings (SSSR count). The molecule has 0 aliphatic carbocycles. The molecule has 0 fully saturated rings. The summed E-state index contributed by atoms with van der Waals surface area (Å²) in [5, 5.41) is 0.651. The van der Waals surface area contributed by atoms with E-state index in [-0.39, 0.29) is 0 Å². The van der Waals surface area contributed by atoms with Crippen LogP contribution >= 0.6 is 23.4 Å². The van der Waals surface area contributed by atoms with Crippen molar-refractivity contribution in [3.8, 4) is 11.5 Å².